The van der Waals surface area contributed by atoms with Crippen LogP contribution in [0.25, 0.3) is 11.0 Å². The van der Waals surface area contributed by atoms with Gasteiger partial charge in [0, 0.05) is 21.6 Å². The summed E-state index contributed by atoms with van der Waals surface area (Å²) in [4.78, 5) is 10.8. The van der Waals surface area contributed by atoms with E-state index in [2.05, 4.69) is 20.7 Å². The van der Waals surface area contributed by atoms with Gasteiger partial charge in [0.2, 0.25) is 0 Å². The number of sulfonamides is 1. The largest absolute Gasteiger partial charge is 0.423 e. The number of benzene rings is 2. The standard InChI is InChI=1S/C15H9BrFNO4S/c16-11-8-15(19)22-13-6-5-9(7-10(11)13)18-23(20,21)14-4-2-1-3-12(14)17/h1-8,18H. The van der Waals surface area contributed by atoms with E-state index in [0.717, 1.165) is 6.07 Å². The average Bonchev–Trinajstić information content (AvgIpc) is 2.48. The second kappa shape index (κ2) is 5.78. The molecule has 0 amide bonds. The number of rotatable bonds is 3. The lowest BCUT2D eigenvalue weighted by atomic mass is 10.2. The summed E-state index contributed by atoms with van der Waals surface area (Å²) in [7, 11) is -4.07. The van der Waals surface area contributed by atoms with Crippen LogP contribution in [0.2, 0.25) is 0 Å². The third kappa shape index (κ3) is 3.13. The van der Waals surface area contributed by atoms with Crippen molar-refractivity contribution >= 4 is 42.6 Å². The molecule has 0 bridgehead atoms. The minimum absolute atomic E-state index is 0.218. The van der Waals surface area contributed by atoms with Crippen molar-refractivity contribution in [3.05, 3.63) is 69.2 Å². The van der Waals surface area contributed by atoms with Crippen molar-refractivity contribution in [2.45, 2.75) is 4.90 Å². The van der Waals surface area contributed by atoms with Crippen LogP contribution in [0, 0.1) is 5.82 Å². The summed E-state index contributed by atoms with van der Waals surface area (Å²) in [5.74, 6) is -0.840. The quantitative estimate of drug-likeness (QED) is 0.686. The molecule has 0 saturated heterocycles. The van der Waals surface area contributed by atoms with Crippen LogP contribution in [0.4, 0.5) is 10.1 Å². The fourth-order valence-corrected chi connectivity index (χ4v) is 3.69. The Bertz CT molecular complexity index is 1060. The maximum absolute atomic E-state index is 13.7. The topological polar surface area (TPSA) is 76.4 Å². The summed E-state index contributed by atoms with van der Waals surface area (Å²) in [6.07, 6.45) is 0. The van der Waals surface area contributed by atoms with Gasteiger partial charge in [-0.05, 0) is 46.3 Å². The Kier molecular flexibility index (Phi) is 3.95. The van der Waals surface area contributed by atoms with E-state index in [-0.39, 0.29) is 5.69 Å². The molecule has 0 aliphatic rings. The van der Waals surface area contributed by atoms with Crippen LogP contribution in [-0.4, -0.2) is 8.42 Å². The fraction of sp³-hybridized carbons (Fsp3) is 0. The predicted molar refractivity (Wildman–Crippen MR) is 87.4 cm³/mol. The lowest BCUT2D eigenvalue weighted by Crippen LogP contribution is -2.14. The molecule has 1 aromatic heterocycles. The van der Waals surface area contributed by atoms with E-state index in [1.54, 1.807) is 0 Å². The highest BCUT2D eigenvalue weighted by Gasteiger charge is 2.19. The smallest absolute Gasteiger partial charge is 0.337 e. The highest BCUT2D eigenvalue weighted by molar-refractivity contribution is 9.10. The first-order chi connectivity index (χ1) is 10.9. The minimum Gasteiger partial charge on any atom is -0.423 e. The normalized spacial score (nSPS) is 11.6. The molecule has 0 fully saturated rings. The molecule has 3 aromatic rings. The van der Waals surface area contributed by atoms with Crippen molar-refractivity contribution in [3.8, 4) is 0 Å². The van der Waals surface area contributed by atoms with Gasteiger partial charge in [-0.25, -0.2) is 17.6 Å². The average molecular weight is 398 g/mol. The van der Waals surface area contributed by atoms with Crippen LogP contribution < -0.4 is 10.3 Å². The van der Waals surface area contributed by atoms with E-state index in [1.807, 2.05) is 0 Å². The molecule has 1 N–H and O–H groups in total. The van der Waals surface area contributed by atoms with E-state index in [4.69, 9.17) is 4.42 Å². The first-order valence-electron chi connectivity index (χ1n) is 6.37. The zero-order valence-corrected chi connectivity index (χ0v) is 13.8. The first kappa shape index (κ1) is 15.7. The predicted octanol–water partition coefficient (Wildman–Crippen LogP) is 3.50. The monoisotopic (exact) mass is 397 g/mol. The first-order valence-corrected chi connectivity index (χ1v) is 8.65. The molecule has 0 saturated carbocycles. The van der Waals surface area contributed by atoms with Gasteiger partial charge in [-0.2, -0.15) is 0 Å². The molecule has 0 atom stereocenters. The van der Waals surface area contributed by atoms with Crippen molar-refractivity contribution in [2.75, 3.05) is 4.72 Å². The molecule has 0 spiro atoms. The third-order valence-corrected chi connectivity index (χ3v) is 5.14. The zero-order chi connectivity index (χ0) is 16.6. The van der Waals surface area contributed by atoms with Gasteiger partial charge in [0.05, 0.1) is 0 Å². The van der Waals surface area contributed by atoms with Gasteiger partial charge in [0.25, 0.3) is 10.0 Å². The number of hydrogen-bond donors (Lipinski definition) is 1. The molecule has 3 rings (SSSR count). The van der Waals surface area contributed by atoms with E-state index in [1.165, 1.54) is 42.5 Å². The van der Waals surface area contributed by atoms with E-state index in [0.29, 0.717) is 15.4 Å². The summed E-state index contributed by atoms with van der Waals surface area (Å²) >= 11 is 3.22. The Morgan fingerprint density at radius 3 is 2.57 bits per heavy atom. The molecular weight excluding hydrogens is 389 g/mol. The SMILES string of the molecule is O=c1cc(Br)c2cc(NS(=O)(=O)c3ccccc3F)ccc2o1. The van der Waals surface area contributed by atoms with Crippen LogP contribution >= 0.6 is 15.9 Å². The van der Waals surface area contributed by atoms with Crippen LogP contribution in [0.1, 0.15) is 0 Å². The van der Waals surface area contributed by atoms with Gasteiger partial charge in [-0.15, -0.1) is 0 Å². The van der Waals surface area contributed by atoms with Crippen molar-refractivity contribution in [2.24, 2.45) is 0 Å². The van der Waals surface area contributed by atoms with Gasteiger partial charge in [-0.1, -0.05) is 12.1 Å². The number of anilines is 1. The Balaban J connectivity index is 2.05. The van der Waals surface area contributed by atoms with Crippen LogP contribution in [-0.2, 0) is 10.0 Å². The summed E-state index contributed by atoms with van der Waals surface area (Å²) in [5.41, 5.74) is -0.00224. The molecule has 23 heavy (non-hydrogen) atoms. The van der Waals surface area contributed by atoms with Gasteiger partial charge in [0.1, 0.15) is 16.3 Å². The summed E-state index contributed by atoms with van der Waals surface area (Å²) < 4.78 is 46.0. The summed E-state index contributed by atoms with van der Waals surface area (Å²) in [6, 6.07) is 10.7. The Morgan fingerprint density at radius 2 is 1.83 bits per heavy atom. The van der Waals surface area contributed by atoms with Gasteiger partial charge in [0.15, 0.2) is 0 Å². The second-order valence-corrected chi connectivity index (χ2v) is 7.17. The lowest BCUT2D eigenvalue weighted by Gasteiger charge is -2.09. The van der Waals surface area contributed by atoms with E-state index in [9.17, 15) is 17.6 Å². The molecule has 118 valence electrons. The fourth-order valence-electron chi connectivity index (χ4n) is 2.06. The van der Waals surface area contributed by atoms with Crippen LogP contribution in [0.3, 0.4) is 0 Å². The van der Waals surface area contributed by atoms with Crippen molar-refractivity contribution in [1.82, 2.24) is 0 Å². The lowest BCUT2D eigenvalue weighted by molar-refractivity contribution is 0.560. The van der Waals surface area contributed by atoms with Crippen molar-refractivity contribution < 1.29 is 17.2 Å². The Hall–Kier alpha value is -2.19. The highest BCUT2D eigenvalue weighted by Crippen LogP contribution is 2.26. The maximum atomic E-state index is 13.7. The van der Waals surface area contributed by atoms with Crippen LogP contribution in [0.15, 0.2) is 67.1 Å². The highest BCUT2D eigenvalue weighted by atomic mass is 79.9. The number of hydrogen-bond acceptors (Lipinski definition) is 4. The molecule has 5 nitrogen and oxygen atoms in total. The Labute approximate surface area is 138 Å². The summed E-state index contributed by atoms with van der Waals surface area (Å²) in [5, 5.41) is 0.512. The number of halogens is 2. The number of fused-ring (bicyclic) bond motifs is 1. The summed E-state index contributed by atoms with van der Waals surface area (Å²) in [6.45, 7) is 0. The van der Waals surface area contributed by atoms with Crippen molar-refractivity contribution in [3.63, 3.8) is 0 Å². The molecule has 1 heterocycles. The molecule has 0 aliphatic heterocycles. The van der Waals surface area contributed by atoms with Gasteiger partial charge < -0.3 is 4.42 Å². The minimum atomic E-state index is -4.07. The van der Waals surface area contributed by atoms with E-state index < -0.39 is 26.4 Å². The third-order valence-electron chi connectivity index (χ3n) is 3.07. The molecule has 0 unspecified atom stereocenters. The number of nitrogens with one attached hydrogen (secondary N) is 1. The zero-order valence-electron chi connectivity index (χ0n) is 11.4. The molecule has 2 aromatic carbocycles. The molecule has 8 heteroatoms. The molecule has 0 aliphatic carbocycles. The van der Waals surface area contributed by atoms with E-state index >= 15 is 0 Å². The van der Waals surface area contributed by atoms with Crippen molar-refractivity contribution in [1.29, 1.82) is 0 Å². The molecule has 0 radical (unpaired) electrons. The van der Waals surface area contributed by atoms with Gasteiger partial charge in [-0.3, -0.25) is 4.72 Å². The second-order valence-electron chi connectivity index (χ2n) is 4.66. The van der Waals surface area contributed by atoms with Crippen LogP contribution in [0.5, 0.6) is 0 Å². The molecular formula is C15H9BrFNO4S. The van der Waals surface area contributed by atoms with Gasteiger partial charge >= 0.3 is 5.63 Å². The maximum Gasteiger partial charge on any atom is 0.337 e. The Morgan fingerprint density at radius 1 is 1.09 bits per heavy atom.